The highest BCUT2D eigenvalue weighted by atomic mass is 16.5. The van der Waals surface area contributed by atoms with Gasteiger partial charge in [0.1, 0.15) is 5.75 Å². The van der Waals surface area contributed by atoms with Crippen molar-refractivity contribution in [3.05, 3.63) is 60.2 Å². The Bertz CT molecular complexity index is 792. The first-order valence-electron chi connectivity index (χ1n) is 9.15. The Hall–Kier alpha value is -3.02. The largest absolute Gasteiger partial charge is 0.497 e. The van der Waals surface area contributed by atoms with Crippen LogP contribution in [-0.2, 0) is 11.2 Å². The van der Waals surface area contributed by atoms with Crippen molar-refractivity contribution in [2.24, 2.45) is 4.99 Å². The number of ether oxygens (including phenoxy) is 1. The minimum Gasteiger partial charge on any atom is -0.497 e. The number of carbonyl (C=O) groups is 1. The van der Waals surface area contributed by atoms with Crippen LogP contribution in [0.25, 0.3) is 0 Å². The second-order valence-corrected chi connectivity index (χ2v) is 6.49. The smallest absolute Gasteiger partial charge is 0.229 e. The second kappa shape index (κ2) is 9.07. The van der Waals surface area contributed by atoms with Gasteiger partial charge in [-0.2, -0.15) is 0 Å². The molecule has 0 saturated carbocycles. The highest BCUT2D eigenvalue weighted by Gasteiger charge is 2.30. The molecule has 0 spiro atoms. The van der Waals surface area contributed by atoms with Crippen LogP contribution in [-0.4, -0.2) is 45.2 Å². The minimum atomic E-state index is 0.0423. The van der Waals surface area contributed by atoms with Gasteiger partial charge in [0, 0.05) is 32.2 Å². The summed E-state index contributed by atoms with van der Waals surface area (Å²) in [6.45, 7) is 1.38. The molecule has 0 bridgehead atoms. The minimum absolute atomic E-state index is 0.0423. The number of guanidine groups is 1. The molecule has 6 heteroatoms. The molecule has 142 valence electrons. The summed E-state index contributed by atoms with van der Waals surface area (Å²) in [7, 11) is 3.41. The van der Waals surface area contributed by atoms with Crippen LogP contribution in [0.1, 0.15) is 12.0 Å². The van der Waals surface area contributed by atoms with Gasteiger partial charge in [-0.3, -0.25) is 9.79 Å². The molecule has 1 unspecified atom stereocenters. The van der Waals surface area contributed by atoms with Crippen molar-refractivity contribution < 1.29 is 9.53 Å². The zero-order valence-electron chi connectivity index (χ0n) is 15.8. The number of para-hydroxylation sites is 1. The van der Waals surface area contributed by atoms with E-state index in [0.29, 0.717) is 18.9 Å². The molecule has 2 aromatic carbocycles. The monoisotopic (exact) mass is 366 g/mol. The molecule has 1 fully saturated rings. The van der Waals surface area contributed by atoms with Crippen LogP contribution in [0.4, 0.5) is 5.69 Å². The lowest BCUT2D eigenvalue weighted by molar-refractivity contribution is -0.117. The summed E-state index contributed by atoms with van der Waals surface area (Å²) in [4.78, 5) is 18.4. The van der Waals surface area contributed by atoms with Gasteiger partial charge in [0.25, 0.3) is 0 Å². The van der Waals surface area contributed by atoms with Gasteiger partial charge in [0.15, 0.2) is 5.96 Å². The third-order valence-electron chi connectivity index (χ3n) is 4.60. The zero-order chi connectivity index (χ0) is 19.1. The van der Waals surface area contributed by atoms with Gasteiger partial charge >= 0.3 is 0 Å². The number of benzene rings is 2. The van der Waals surface area contributed by atoms with E-state index in [1.807, 2.05) is 53.4 Å². The molecule has 1 heterocycles. The molecular formula is C21H26N4O2. The molecule has 0 radical (unpaired) electrons. The topological polar surface area (TPSA) is 66.0 Å². The van der Waals surface area contributed by atoms with Gasteiger partial charge < -0.3 is 20.3 Å². The third kappa shape index (κ3) is 5.00. The number of amides is 1. The molecule has 1 aliphatic rings. The van der Waals surface area contributed by atoms with Crippen molar-refractivity contribution in [1.29, 1.82) is 0 Å². The SMILES string of the molecule is CN=C(NCCc1cccc(OC)c1)NC1CC(=O)N(c2ccccc2)C1. The lowest BCUT2D eigenvalue weighted by Gasteiger charge is -2.19. The first-order chi connectivity index (χ1) is 13.2. The predicted molar refractivity (Wildman–Crippen MR) is 108 cm³/mol. The van der Waals surface area contributed by atoms with Gasteiger partial charge in [0.05, 0.1) is 13.2 Å². The molecule has 1 amide bonds. The zero-order valence-corrected chi connectivity index (χ0v) is 15.8. The average Bonchev–Trinajstić information content (AvgIpc) is 3.08. The Balaban J connectivity index is 1.50. The molecular weight excluding hydrogens is 340 g/mol. The molecule has 2 aromatic rings. The number of methoxy groups -OCH3 is 1. The van der Waals surface area contributed by atoms with E-state index in [-0.39, 0.29) is 11.9 Å². The van der Waals surface area contributed by atoms with E-state index in [1.54, 1.807) is 14.2 Å². The highest BCUT2D eigenvalue weighted by molar-refractivity contribution is 5.97. The predicted octanol–water partition coefficient (Wildman–Crippen LogP) is 2.21. The van der Waals surface area contributed by atoms with E-state index >= 15 is 0 Å². The summed E-state index contributed by atoms with van der Waals surface area (Å²) in [6, 6.07) is 17.8. The Morgan fingerprint density at radius 2 is 2.04 bits per heavy atom. The van der Waals surface area contributed by atoms with Crippen molar-refractivity contribution in [2.75, 3.05) is 32.1 Å². The molecule has 0 aromatic heterocycles. The van der Waals surface area contributed by atoms with Crippen LogP contribution in [0.15, 0.2) is 59.6 Å². The maximum Gasteiger partial charge on any atom is 0.229 e. The van der Waals surface area contributed by atoms with E-state index in [9.17, 15) is 4.79 Å². The maximum absolute atomic E-state index is 12.3. The Kier molecular flexibility index (Phi) is 6.30. The first kappa shape index (κ1) is 18.8. The number of hydrogen-bond donors (Lipinski definition) is 2. The summed E-state index contributed by atoms with van der Waals surface area (Å²) in [5, 5.41) is 6.68. The van der Waals surface area contributed by atoms with E-state index in [0.717, 1.165) is 24.4 Å². The van der Waals surface area contributed by atoms with Crippen molar-refractivity contribution >= 4 is 17.6 Å². The fraction of sp³-hybridized carbons (Fsp3) is 0.333. The Morgan fingerprint density at radius 3 is 2.78 bits per heavy atom. The van der Waals surface area contributed by atoms with Gasteiger partial charge in [-0.25, -0.2) is 0 Å². The molecule has 1 aliphatic heterocycles. The van der Waals surface area contributed by atoms with Crippen LogP contribution in [0.3, 0.4) is 0 Å². The Morgan fingerprint density at radius 1 is 1.22 bits per heavy atom. The van der Waals surface area contributed by atoms with E-state index in [4.69, 9.17) is 4.74 Å². The summed E-state index contributed by atoms with van der Waals surface area (Å²) < 4.78 is 5.26. The molecule has 27 heavy (non-hydrogen) atoms. The maximum atomic E-state index is 12.3. The van der Waals surface area contributed by atoms with Crippen molar-refractivity contribution in [3.63, 3.8) is 0 Å². The standard InChI is InChI=1S/C21H26N4O2/c1-22-21(23-12-11-16-7-6-10-19(13-16)27-2)24-17-14-20(26)25(15-17)18-8-4-3-5-9-18/h3-10,13,17H,11-12,14-15H2,1-2H3,(H2,22,23,24). The molecule has 1 atom stereocenters. The van der Waals surface area contributed by atoms with Gasteiger partial charge in [-0.15, -0.1) is 0 Å². The average molecular weight is 366 g/mol. The summed E-state index contributed by atoms with van der Waals surface area (Å²) in [5.41, 5.74) is 2.14. The van der Waals surface area contributed by atoms with Crippen LogP contribution in [0.5, 0.6) is 5.75 Å². The van der Waals surface area contributed by atoms with Crippen LogP contribution in [0.2, 0.25) is 0 Å². The number of anilines is 1. The number of aliphatic imine (C=N–C) groups is 1. The number of nitrogens with zero attached hydrogens (tertiary/aromatic N) is 2. The van der Waals surface area contributed by atoms with E-state index in [1.165, 1.54) is 5.56 Å². The van der Waals surface area contributed by atoms with E-state index in [2.05, 4.69) is 21.7 Å². The van der Waals surface area contributed by atoms with Crippen LogP contribution < -0.4 is 20.3 Å². The molecule has 2 N–H and O–H groups in total. The third-order valence-corrected chi connectivity index (χ3v) is 4.60. The number of carbonyl (C=O) groups excluding carboxylic acids is 1. The van der Waals surface area contributed by atoms with Crippen molar-refractivity contribution in [3.8, 4) is 5.75 Å². The molecule has 1 saturated heterocycles. The Labute approximate surface area is 160 Å². The van der Waals surface area contributed by atoms with Crippen LogP contribution >= 0.6 is 0 Å². The molecule has 3 rings (SSSR count). The summed E-state index contributed by atoms with van der Waals surface area (Å²) in [6.07, 6.45) is 1.32. The number of hydrogen-bond acceptors (Lipinski definition) is 3. The second-order valence-electron chi connectivity index (χ2n) is 6.49. The van der Waals surface area contributed by atoms with Gasteiger partial charge in [-0.05, 0) is 36.2 Å². The number of nitrogens with one attached hydrogen (secondary N) is 2. The number of rotatable bonds is 6. The summed E-state index contributed by atoms with van der Waals surface area (Å²) >= 11 is 0. The highest BCUT2D eigenvalue weighted by Crippen LogP contribution is 2.21. The summed E-state index contributed by atoms with van der Waals surface area (Å²) in [5.74, 6) is 1.71. The van der Waals surface area contributed by atoms with Crippen molar-refractivity contribution in [1.82, 2.24) is 10.6 Å². The fourth-order valence-corrected chi connectivity index (χ4v) is 3.20. The van der Waals surface area contributed by atoms with E-state index < -0.39 is 0 Å². The lowest BCUT2D eigenvalue weighted by Crippen LogP contribution is -2.45. The molecule has 6 nitrogen and oxygen atoms in total. The lowest BCUT2D eigenvalue weighted by atomic mass is 10.1. The normalized spacial score (nSPS) is 17.1. The quantitative estimate of drug-likeness (QED) is 0.608. The molecule has 0 aliphatic carbocycles. The first-order valence-corrected chi connectivity index (χ1v) is 9.15. The van der Waals surface area contributed by atoms with Crippen LogP contribution in [0, 0.1) is 0 Å². The van der Waals surface area contributed by atoms with Crippen molar-refractivity contribution in [2.45, 2.75) is 18.9 Å². The van der Waals surface area contributed by atoms with Gasteiger partial charge in [-0.1, -0.05) is 30.3 Å². The van der Waals surface area contributed by atoms with Gasteiger partial charge in [0.2, 0.25) is 5.91 Å². The fourth-order valence-electron chi connectivity index (χ4n) is 3.20.